The van der Waals surface area contributed by atoms with E-state index in [1.807, 2.05) is 12.4 Å². The van der Waals surface area contributed by atoms with Crippen molar-refractivity contribution in [2.24, 2.45) is 5.92 Å². The zero-order valence-electron chi connectivity index (χ0n) is 14.3. The van der Waals surface area contributed by atoms with E-state index in [-0.39, 0.29) is 5.60 Å². The van der Waals surface area contributed by atoms with E-state index in [1.54, 1.807) is 0 Å². The van der Waals surface area contributed by atoms with Gasteiger partial charge in [0, 0.05) is 57.5 Å². The van der Waals surface area contributed by atoms with Gasteiger partial charge in [-0.2, -0.15) is 0 Å². The highest BCUT2D eigenvalue weighted by atomic mass is 16.5. The Kier molecular flexibility index (Phi) is 4.55. The summed E-state index contributed by atoms with van der Waals surface area (Å²) >= 11 is 0. The van der Waals surface area contributed by atoms with Crippen LogP contribution in [0.15, 0.2) is 24.5 Å². The maximum Gasteiger partial charge on any atom is 0.222 e. The van der Waals surface area contributed by atoms with Crippen LogP contribution in [0.4, 0.5) is 0 Å². The summed E-state index contributed by atoms with van der Waals surface area (Å²) in [5.74, 6) is 0.862. The van der Waals surface area contributed by atoms with Gasteiger partial charge in [0.1, 0.15) is 0 Å². The molecule has 0 aromatic carbocycles. The van der Waals surface area contributed by atoms with Crippen LogP contribution in [0.3, 0.4) is 0 Å². The lowest BCUT2D eigenvalue weighted by atomic mass is 9.82. The molecule has 5 nitrogen and oxygen atoms in total. The van der Waals surface area contributed by atoms with E-state index in [9.17, 15) is 4.79 Å². The van der Waals surface area contributed by atoms with Gasteiger partial charge in [0.05, 0.1) is 12.2 Å². The van der Waals surface area contributed by atoms with Crippen molar-refractivity contribution >= 4 is 5.91 Å². The van der Waals surface area contributed by atoms with E-state index in [0.29, 0.717) is 11.8 Å². The second-order valence-corrected chi connectivity index (χ2v) is 7.70. The lowest BCUT2D eigenvalue weighted by molar-refractivity contribution is -0.184. The van der Waals surface area contributed by atoms with Crippen molar-refractivity contribution in [1.29, 1.82) is 0 Å². The molecule has 1 aromatic heterocycles. The maximum absolute atomic E-state index is 12.0. The zero-order valence-corrected chi connectivity index (χ0v) is 14.3. The Labute approximate surface area is 144 Å². The van der Waals surface area contributed by atoms with Gasteiger partial charge in [-0.15, -0.1) is 0 Å². The van der Waals surface area contributed by atoms with Gasteiger partial charge in [0.25, 0.3) is 0 Å². The Hall–Kier alpha value is -1.46. The SMILES string of the molecule is O=C1CCCCN1CC1CCC2(CN(Cc3ccncc3)C2)OC1. The number of hydrogen-bond donors (Lipinski definition) is 0. The molecule has 3 aliphatic heterocycles. The standard InChI is InChI=1S/C19H27N3O2/c23-18-3-1-2-10-22(18)12-17-4-7-19(24-13-17)14-21(15-19)11-16-5-8-20-9-6-16/h5-6,8-9,17H,1-4,7,10-15H2. The summed E-state index contributed by atoms with van der Waals surface area (Å²) in [5, 5.41) is 0. The lowest BCUT2D eigenvalue weighted by Crippen LogP contribution is -2.64. The van der Waals surface area contributed by atoms with Gasteiger partial charge in [-0.3, -0.25) is 14.7 Å². The van der Waals surface area contributed by atoms with Gasteiger partial charge in [-0.25, -0.2) is 0 Å². The highest BCUT2D eigenvalue weighted by molar-refractivity contribution is 5.76. The molecule has 1 atom stereocenters. The van der Waals surface area contributed by atoms with Crippen LogP contribution in [0.5, 0.6) is 0 Å². The predicted octanol–water partition coefficient (Wildman–Crippen LogP) is 2.08. The van der Waals surface area contributed by atoms with E-state index in [0.717, 1.165) is 65.0 Å². The third-order valence-electron chi connectivity index (χ3n) is 5.71. The highest BCUT2D eigenvalue weighted by Gasteiger charge is 2.46. The fourth-order valence-corrected chi connectivity index (χ4v) is 4.30. The predicted molar refractivity (Wildman–Crippen MR) is 91.4 cm³/mol. The van der Waals surface area contributed by atoms with Gasteiger partial charge in [-0.1, -0.05) is 0 Å². The van der Waals surface area contributed by atoms with E-state index < -0.39 is 0 Å². The number of amides is 1. The summed E-state index contributed by atoms with van der Waals surface area (Å²) in [7, 11) is 0. The summed E-state index contributed by atoms with van der Waals surface area (Å²) < 4.78 is 6.27. The zero-order chi connectivity index (χ0) is 16.4. The highest BCUT2D eigenvalue weighted by Crippen LogP contribution is 2.37. The average molecular weight is 329 g/mol. The molecule has 24 heavy (non-hydrogen) atoms. The Morgan fingerprint density at radius 3 is 2.79 bits per heavy atom. The molecule has 3 fully saturated rings. The van der Waals surface area contributed by atoms with Crippen LogP contribution in [-0.2, 0) is 16.1 Å². The molecule has 0 N–H and O–H groups in total. The van der Waals surface area contributed by atoms with Gasteiger partial charge in [0.2, 0.25) is 5.91 Å². The fourth-order valence-electron chi connectivity index (χ4n) is 4.30. The number of rotatable bonds is 4. The number of pyridine rings is 1. The largest absolute Gasteiger partial charge is 0.372 e. The first-order valence-electron chi connectivity index (χ1n) is 9.25. The van der Waals surface area contributed by atoms with E-state index >= 15 is 0 Å². The third-order valence-corrected chi connectivity index (χ3v) is 5.71. The molecule has 1 amide bonds. The minimum atomic E-state index is 0.0788. The second kappa shape index (κ2) is 6.81. The molecule has 1 unspecified atom stereocenters. The molecule has 0 radical (unpaired) electrons. The first-order chi connectivity index (χ1) is 11.7. The van der Waals surface area contributed by atoms with Crippen LogP contribution in [0, 0.1) is 5.92 Å². The number of carbonyl (C=O) groups excluding carboxylic acids is 1. The smallest absolute Gasteiger partial charge is 0.222 e. The van der Waals surface area contributed by atoms with Gasteiger partial charge < -0.3 is 9.64 Å². The van der Waals surface area contributed by atoms with Crippen LogP contribution in [0.1, 0.15) is 37.7 Å². The number of nitrogens with zero attached hydrogens (tertiary/aromatic N) is 3. The van der Waals surface area contributed by atoms with E-state index in [2.05, 4.69) is 26.9 Å². The summed E-state index contributed by atoms with van der Waals surface area (Å²) in [5.41, 5.74) is 1.40. The first-order valence-corrected chi connectivity index (χ1v) is 9.25. The van der Waals surface area contributed by atoms with Crippen molar-refractivity contribution in [3.8, 4) is 0 Å². The normalized spacial score (nSPS) is 27.2. The van der Waals surface area contributed by atoms with Crippen LogP contribution in [0.25, 0.3) is 0 Å². The molecular weight excluding hydrogens is 302 g/mol. The van der Waals surface area contributed by atoms with Crippen molar-refractivity contribution in [3.63, 3.8) is 0 Å². The van der Waals surface area contributed by atoms with Crippen LogP contribution in [0.2, 0.25) is 0 Å². The molecule has 4 heterocycles. The van der Waals surface area contributed by atoms with Crippen molar-refractivity contribution in [2.45, 2.75) is 44.2 Å². The van der Waals surface area contributed by atoms with Crippen molar-refractivity contribution < 1.29 is 9.53 Å². The topological polar surface area (TPSA) is 45.7 Å². The third kappa shape index (κ3) is 3.47. The molecule has 0 bridgehead atoms. The minimum Gasteiger partial charge on any atom is -0.372 e. The van der Waals surface area contributed by atoms with Crippen molar-refractivity contribution in [1.82, 2.24) is 14.8 Å². The quantitative estimate of drug-likeness (QED) is 0.848. The molecule has 0 aliphatic carbocycles. The number of aromatic nitrogens is 1. The molecule has 1 spiro atoms. The molecule has 3 aliphatic rings. The summed E-state index contributed by atoms with van der Waals surface area (Å²) in [4.78, 5) is 20.5. The van der Waals surface area contributed by atoms with Crippen LogP contribution >= 0.6 is 0 Å². The maximum atomic E-state index is 12.0. The fraction of sp³-hybridized carbons (Fsp3) is 0.684. The summed E-state index contributed by atoms with van der Waals surface area (Å²) in [6, 6.07) is 4.16. The number of ether oxygens (including phenoxy) is 1. The number of likely N-dealkylation sites (tertiary alicyclic amines) is 2. The number of hydrogen-bond acceptors (Lipinski definition) is 4. The van der Waals surface area contributed by atoms with Crippen molar-refractivity contribution in [3.05, 3.63) is 30.1 Å². The van der Waals surface area contributed by atoms with Crippen molar-refractivity contribution in [2.75, 3.05) is 32.8 Å². The van der Waals surface area contributed by atoms with Gasteiger partial charge in [0.15, 0.2) is 0 Å². The summed E-state index contributed by atoms with van der Waals surface area (Å²) in [6.07, 6.45) is 8.99. The molecule has 130 valence electrons. The molecule has 5 heteroatoms. The average Bonchev–Trinajstić information content (AvgIpc) is 2.58. The van der Waals surface area contributed by atoms with Crippen LogP contribution < -0.4 is 0 Å². The molecular formula is C19H27N3O2. The minimum absolute atomic E-state index is 0.0788. The Morgan fingerprint density at radius 2 is 2.08 bits per heavy atom. The van der Waals surface area contributed by atoms with E-state index in [4.69, 9.17) is 4.74 Å². The summed E-state index contributed by atoms with van der Waals surface area (Å²) in [6.45, 7) is 5.71. The molecule has 0 saturated carbocycles. The lowest BCUT2D eigenvalue weighted by Gasteiger charge is -2.53. The monoisotopic (exact) mass is 329 g/mol. The molecule has 3 saturated heterocycles. The van der Waals surface area contributed by atoms with Gasteiger partial charge in [-0.05, 0) is 43.4 Å². The Bertz CT molecular complexity index is 561. The molecule has 1 aromatic rings. The van der Waals surface area contributed by atoms with Gasteiger partial charge >= 0.3 is 0 Å². The molecule has 4 rings (SSSR count). The second-order valence-electron chi connectivity index (χ2n) is 7.70. The Balaban J connectivity index is 1.22. The van der Waals surface area contributed by atoms with Crippen LogP contribution in [-0.4, -0.2) is 59.1 Å². The number of piperidine rings is 1. The number of carbonyl (C=O) groups is 1. The first kappa shape index (κ1) is 16.0. The van der Waals surface area contributed by atoms with E-state index in [1.165, 1.54) is 12.0 Å². The Morgan fingerprint density at radius 1 is 1.25 bits per heavy atom.